The summed E-state index contributed by atoms with van der Waals surface area (Å²) in [6.45, 7) is 5.03. The smallest absolute Gasteiger partial charge is 0.0233 e. The molecule has 0 saturated heterocycles. The molecule has 0 bridgehead atoms. The maximum absolute atomic E-state index is 5.71. The highest BCUT2D eigenvalue weighted by Crippen LogP contribution is 2.10. The maximum Gasteiger partial charge on any atom is 0.0233 e. The fraction of sp³-hybridized carbons (Fsp3) is 0.538. The lowest BCUT2D eigenvalue weighted by molar-refractivity contribution is 0.320. The molecular weight excluding hydrogens is 184 g/mol. The quantitative estimate of drug-likeness (QED) is 0.774. The number of hydrogen-bond donors (Lipinski definition) is 1. The van der Waals surface area contributed by atoms with E-state index in [4.69, 9.17) is 5.73 Å². The highest BCUT2D eigenvalue weighted by atomic mass is 15.1. The number of hydrogen-bond acceptors (Lipinski definition) is 2. The van der Waals surface area contributed by atoms with E-state index in [0.29, 0.717) is 6.54 Å². The Morgan fingerprint density at radius 2 is 1.87 bits per heavy atom. The summed E-state index contributed by atoms with van der Waals surface area (Å²) >= 11 is 0. The fourth-order valence-corrected chi connectivity index (χ4v) is 1.71. The van der Waals surface area contributed by atoms with Crippen LogP contribution in [0.2, 0.25) is 0 Å². The van der Waals surface area contributed by atoms with E-state index in [9.17, 15) is 0 Å². The van der Waals surface area contributed by atoms with Crippen molar-refractivity contribution in [2.45, 2.75) is 32.9 Å². The Kier molecular flexibility index (Phi) is 5.37. The summed E-state index contributed by atoms with van der Waals surface area (Å²) < 4.78 is 0. The largest absolute Gasteiger partial charge is 0.326 e. The standard InChI is InChI=1S/C13H22N2/c1-3-4-9-15(2)11-13-8-6-5-7-12(13)10-14/h5-8H,3-4,9-11,14H2,1-2H3. The van der Waals surface area contributed by atoms with Gasteiger partial charge in [-0.15, -0.1) is 0 Å². The van der Waals surface area contributed by atoms with Crippen LogP contribution in [-0.2, 0) is 13.1 Å². The van der Waals surface area contributed by atoms with Crippen LogP contribution in [0.1, 0.15) is 30.9 Å². The molecule has 2 heteroatoms. The minimum atomic E-state index is 0.637. The number of nitrogens with two attached hydrogens (primary N) is 1. The van der Waals surface area contributed by atoms with Crippen LogP contribution in [0.3, 0.4) is 0 Å². The second-order valence-electron chi connectivity index (χ2n) is 4.06. The van der Waals surface area contributed by atoms with E-state index in [1.54, 1.807) is 0 Å². The zero-order valence-corrected chi connectivity index (χ0v) is 9.87. The molecular formula is C13H22N2. The van der Waals surface area contributed by atoms with E-state index in [0.717, 1.165) is 13.1 Å². The van der Waals surface area contributed by atoms with Crippen molar-refractivity contribution in [2.75, 3.05) is 13.6 Å². The molecule has 15 heavy (non-hydrogen) atoms. The van der Waals surface area contributed by atoms with Gasteiger partial charge in [0.05, 0.1) is 0 Å². The number of benzene rings is 1. The average Bonchev–Trinajstić information content (AvgIpc) is 2.27. The Labute approximate surface area is 93.1 Å². The van der Waals surface area contributed by atoms with Crippen molar-refractivity contribution in [3.8, 4) is 0 Å². The molecule has 2 nitrogen and oxygen atoms in total. The first kappa shape index (κ1) is 12.2. The van der Waals surface area contributed by atoms with Gasteiger partial charge in [-0.1, -0.05) is 37.6 Å². The third kappa shape index (κ3) is 4.02. The van der Waals surface area contributed by atoms with Gasteiger partial charge in [0.15, 0.2) is 0 Å². The molecule has 1 rings (SSSR count). The van der Waals surface area contributed by atoms with Gasteiger partial charge in [0.1, 0.15) is 0 Å². The normalized spacial score (nSPS) is 10.9. The predicted octanol–water partition coefficient (Wildman–Crippen LogP) is 2.38. The predicted molar refractivity (Wildman–Crippen MR) is 65.6 cm³/mol. The van der Waals surface area contributed by atoms with Crippen LogP contribution in [0.5, 0.6) is 0 Å². The van der Waals surface area contributed by atoms with Crippen molar-refractivity contribution in [2.24, 2.45) is 5.73 Å². The number of rotatable bonds is 6. The summed E-state index contributed by atoms with van der Waals surface area (Å²) in [5.74, 6) is 0. The lowest BCUT2D eigenvalue weighted by atomic mass is 10.1. The van der Waals surface area contributed by atoms with Gasteiger partial charge in [0.2, 0.25) is 0 Å². The highest BCUT2D eigenvalue weighted by molar-refractivity contribution is 5.26. The summed E-state index contributed by atoms with van der Waals surface area (Å²) in [6, 6.07) is 8.42. The Morgan fingerprint density at radius 1 is 1.20 bits per heavy atom. The molecule has 1 aromatic carbocycles. The molecule has 1 aromatic rings. The van der Waals surface area contributed by atoms with Crippen molar-refractivity contribution < 1.29 is 0 Å². The number of nitrogens with zero attached hydrogens (tertiary/aromatic N) is 1. The van der Waals surface area contributed by atoms with Crippen LogP contribution in [0.25, 0.3) is 0 Å². The first-order valence-electron chi connectivity index (χ1n) is 5.73. The maximum atomic E-state index is 5.71. The van der Waals surface area contributed by atoms with Crippen LogP contribution in [-0.4, -0.2) is 18.5 Å². The van der Waals surface area contributed by atoms with Crippen LogP contribution in [0, 0.1) is 0 Å². The highest BCUT2D eigenvalue weighted by Gasteiger charge is 2.03. The zero-order chi connectivity index (χ0) is 11.1. The van der Waals surface area contributed by atoms with Crippen LogP contribution in [0.4, 0.5) is 0 Å². The van der Waals surface area contributed by atoms with E-state index in [1.807, 2.05) is 0 Å². The van der Waals surface area contributed by atoms with Crippen molar-refractivity contribution >= 4 is 0 Å². The number of unbranched alkanes of at least 4 members (excludes halogenated alkanes) is 1. The molecule has 0 atom stereocenters. The zero-order valence-electron chi connectivity index (χ0n) is 9.87. The first-order chi connectivity index (χ1) is 7.27. The summed E-state index contributed by atoms with van der Waals surface area (Å²) in [5, 5.41) is 0. The Balaban J connectivity index is 2.55. The molecule has 0 aromatic heterocycles. The molecule has 0 heterocycles. The van der Waals surface area contributed by atoms with Gasteiger partial charge in [-0.2, -0.15) is 0 Å². The second-order valence-corrected chi connectivity index (χ2v) is 4.06. The van der Waals surface area contributed by atoms with Gasteiger partial charge in [0, 0.05) is 13.1 Å². The Morgan fingerprint density at radius 3 is 2.47 bits per heavy atom. The Hall–Kier alpha value is -0.860. The third-order valence-corrected chi connectivity index (χ3v) is 2.67. The monoisotopic (exact) mass is 206 g/mol. The Bertz CT molecular complexity index is 284. The van der Waals surface area contributed by atoms with Gasteiger partial charge in [0.25, 0.3) is 0 Å². The molecule has 0 radical (unpaired) electrons. The van der Waals surface area contributed by atoms with E-state index in [1.165, 1.54) is 24.0 Å². The summed E-state index contributed by atoms with van der Waals surface area (Å²) in [6.07, 6.45) is 2.52. The second kappa shape index (κ2) is 6.59. The first-order valence-corrected chi connectivity index (χ1v) is 5.73. The summed E-state index contributed by atoms with van der Waals surface area (Å²) in [7, 11) is 2.17. The van der Waals surface area contributed by atoms with Gasteiger partial charge >= 0.3 is 0 Å². The molecule has 84 valence electrons. The third-order valence-electron chi connectivity index (χ3n) is 2.67. The van der Waals surface area contributed by atoms with Gasteiger partial charge in [-0.3, -0.25) is 0 Å². The SMILES string of the molecule is CCCCN(C)Cc1ccccc1CN. The fourth-order valence-electron chi connectivity index (χ4n) is 1.71. The minimum absolute atomic E-state index is 0.637. The lowest BCUT2D eigenvalue weighted by Crippen LogP contribution is -2.20. The molecule has 0 aliphatic heterocycles. The summed E-state index contributed by atoms with van der Waals surface area (Å²) in [4.78, 5) is 2.36. The topological polar surface area (TPSA) is 29.3 Å². The molecule has 0 aliphatic carbocycles. The van der Waals surface area contributed by atoms with Crippen molar-refractivity contribution in [3.05, 3.63) is 35.4 Å². The molecule has 0 fully saturated rings. The molecule has 0 aliphatic rings. The molecule has 0 saturated carbocycles. The van der Waals surface area contributed by atoms with E-state index in [2.05, 4.69) is 43.1 Å². The molecule has 0 amide bonds. The van der Waals surface area contributed by atoms with Gasteiger partial charge in [-0.25, -0.2) is 0 Å². The van der Waals surface area contributed by atoms with Crippen molar-refractivity contribution in [1.82, 2.24) is 4.90 Å². The van der Waals surface area contributed by atoms with Gasteiger partial charge < -0.3 is 10.6 Å². The summed E-state index contributed by atoms with van der Waals surface area (Å²) in [5.41, 5.74) is 8.33. The molecule has 0 unspecified atom stereocenters. The van der Waals surface area contributed by atoms with E-state index < -0.39 is 0 Å². The van der Waals surface area contributed by atoms with Crippen LogP contribution in [0.15, 0.2) is 24.3 Å². The lowest BCUT2D eigenvalue weighted by Gasteiger charge is -2.18. The average molecular weight is 206 g/mol. The van der Waals surface area contributed by atoms with Crippen LogP contribution >= 0.6 is 0 Å². The van der Waals surface area contributed by atoms with E-state index in [-0.39, 0.29) is 0 Å². The van der Waals surface area contributed by atoms with Crippen molar-refractivity contribution in [3.63, 3.8) is 0 Å². The molecule has 0 spiro atoms. The molecule has 2 N–H and O–H groups in total. The van der Waals surface area contributed by atoms with Gasteiger partial charge in [-0.05, 0) is 31.1 Å². The minimum Gasteiger partial charge on any atom is -0.326 e. The van der Waals surface area contributed by atoms with E-state index >= 15 is 0 Å². The van der Waals surface area contributed by atoms with Crippen LogP contribution < -0.4 is 5.73 Å². The van der Waals surface area contributed by atoms with Crippen molar-refractivity contribution in [1.29, 1.82) is 0 Å².